The third-order valence-electron chi connectivity index (χ3n) is 2.92. The number of hydrogen-bond donors (Lipinski definition) is 1. The molecule has 0 unspecified atom stereocenters. The van der Waals surface area contributed by atoms with Crippen molar-refractivity contribution >= 4 is 35.5 Å². The summed E-state index contributed by atoms with van der Waals surface area (Å²) in [4.78, 5) is 15.5. The SMILES string of the molecule is O=C(O)C=Cc1cnc(C=Cc2ccc3c(c2)OCCO3)s1. The maximum Gasteiger partial charge on any atom is 0.328 e. The second-order valence-electron chi connectivity index (χ2n) is 4.51. The molecular formula is C16H13NO4S. The quantitative estimate of drug-likeness (QED) is 0.878. The molecule has 1 aliphatic rings. The van der Waals surface area contributed by atoms with Gasteiger partial charge in [0.25, 0.3) is 0 Å². The minimum absolute atomic E-state index is 0.561. The van der Waals surface area contributed by atoms with E-state index in [-0.39, 0.29) is 0 Å². The number of carboxylic acids is 1. The predicted molar refractivity (Wildman–Crippen MR) is 85.1 cm³/mol. The molecule has 1 aromatic carbocycles. The van der Waals surface area contributed by atoms with Gasteiger partial charge >= 0.3 is 5.97 Å². The highest BCUT2D eigenvalue weighted by Gasteiger charge is 2.10. The molecule has 0 bridgehead atoms. The van der Waals surface area contributed by atoms with Crippen LogP contribution in [0.4, 0.5) is 0 Å². The zero-order valence-electron chi connectivity index (χ0n) is 11.6. The maximum absolute atomic E-state index is 10.5. The van der Waals surface area contributed by atoms with Crippen molar-refractivity contribution in [3.05, 3.63) is 45.9 Å². The topological polar surface area (TPSA) is 68.7 Å². The summed E-state index contributed by atoms with van der Waals surface area (Å²) in [5.74, 6) is 0.540. The second kappa shape index (κ2) is 6.44. The largest absolute Gasteiger partial charge is 0.486 e. The molecule has 0 spiro atoms. The lowest BCUT2D eigenvalue weighted by Gasteiger charge is -2.18. The average Bonchev–Trinajstić information content (AvgIpc) is 2.99. The third kappa shape index (κ3) is 3.53. The Morgan fingerprint density at radius 1 is 1.18 bits per heavy atom. The van der Waals surface area contributed by atoms with Gasteiger partial charge in [0.05, 0.1) is 0 Å². The summed E-state index contributed by atoms with van der Waals surface area (Å²) in [5, 5.41) is 9.40. The van der Waals surface area contributed by atoms with Gasteiger partial charge in [-0.25, -0.2) is 9.78 Å². The first-order valence-electron chi connectivity index (χ1n) is 6.65. The van der Waals surface area contributed by atoms with Crippen molar-refractivity contribution in [3.63, 3.8) is 0 Å². The minimum Gasteiger partial charge on any atom is -0.486 e. The van der Waals surface area contributed by atoms with Crippen LogP contribution < -0.4 is 9.47 Å². The number of fused-ring (bicyclic) bond motifs is 1. The predicted octanol–water partition coefficient (Wildman–Crippen LogP) is 3.18. The first kappa shape index (κ1) is 14.3. The summed E-state index contributed by atoms with van der Waals surface area (Å²) in [7, 11) is 0. The fourth-order valence-corrected chi connectivity index (χ4v) is 2.66. The number of hydrogen-bond acceptors (Lipinski definition) is 5. The van der Waals surface area contributed by atoms with Gasteiger partial charge in [-0.1, -0.05) is 12.1 Å². The van der Waals surface area contributed by atoms with E-state index in [0.29, 0.717) is 13.2 Å². The van der Waals surface area contributed by atoms with Crippen molar-refractivity contribution in [3.8, 4) is 11.5 Å². The molecule has 2 heterocycles. The van der Waals surface area contributed by atoms with E-state index in [9.17, 15) is 4.79 Å². The van der Waals surface area contributed by atoms with E-state index >= 15 is 0 Å². The normalized spacial score (nSPS) is 13.8. The van der Waals surface area contributed by atoms with Gasteiger partial charge in [-0.05, 0) is 29.8 Å². The van der Waals surface area contributed by atoms with E-state index in [0.717, 1.165) is 33.0 Å². The molecule has 112 valence electrons. The number of thiazole rings is 1. The number of rotatable bonds is 4. The van der Waals surface area contributed by atoms with E-state index in [2.05, 4.69) is 4.98 Å². The van der Waals surface area contributed by atoms with Gasteiger partial charge in [-0.2, -0.15) is 0 Å². The molecular weight excluding hydrogens is 302 g/mol. The molecule has 5 nitrogen and oxygen atoms in total. The molecule has 22 heavy (non-hydrogen) atoms. The van der Waals surface area contributed by atoms with Crippen molar-refractivity contribution in [2.45, 2.75) is 0 Å². The molecule has 1 N–H and O–H groups in total. The molecule has 1 aromatic heterocycles. The molecule has 0 aliphatic carbocycles. The minimum atomic E-state index is -0.971. The number of carboxylic acid groups (broad SMARTS) is 1. The molecule has 0 atom stereocenters. The fourth-order valence-electron chi connectivity index (χ4n) is 1.94. The van der Waals surface area contributed by atoms with Crippen LogP contribution in [0.3, 0.4) is 0 Å². The standard InChI is InChI=1S/C16H13NO4S/c18-16(19)6-3-12-10-17-15(22-12)5-2-11-1-4-13-14(9-11)21-8-7-20-13/h1-6,9-10H,7-8H2,(H,18,19). The van der Waals surface area contributed by atoms with Crippen LogP contribution in [-0.2, 0) is 4.79 Å². The Kier molecular flexibility index (Phi) is 4.20. The van der Waals surface area contributed by atoms with Crippen LogP contribution in [0.2, 0.25) is 0 Å². The average molecular weight is 315 g/mol. The number of carbonyl (C=O) groups is 1. The zero-order valence-corrected chi connectivity index (χ0v) is 12.4. The highest BCUT2D eigenvalue weighted by atomic mass is 32.1. The lowest BCUT2D eigenvalue weighted by atomic mass is 10.2. The Labute approximate surface area is 131 Å². The fraction of sp³-hybridized carbons (Fsp3) is 0.125. The van der Waals surface area contributed by atoms with Gasteiger partial charge in [0, 0.05) is 17.2 Å². The Bertz CT molecular complexity index is 748. The van der Waals surface area contributed by atoms with Crippen molar-refractivity contribution < 1.29 is 19.4 Å². The van der Waals surface area contributed by atoms with Crippen LogP contribution in [0.15, 0.2) is 30.5 Å². The Morgan fingerprint density at radius 2 is 2.00 bits per heavy atom. The lowest BCUT2D eigenvalue weighted by molar-refractivity contribution is -0.131. The number of aromatic nitrogens is 1. The molecule has 0 saturated carbocycles. The summed E-state index contributed by atoms with van der Waals surface area (Å²) in [6.45, 7) is 1.14. The van der Waals surface area contributed by atoms with Crippen LogP contribution in [0.5, 0.6) is 11.5 Å². The monoisotopic (exact) mass is 315 g/mol. The molecule has 3 rings (SSSR count). The van der Waals surface area contributed by atoms with E-state index in [1.54, 1.807) is 6.20 Å². The van der Waals surface area contributed by atoms with Crippen molar-refractivity contribution in [1.29, 1.82) is 0 Å². The first-order chi connectivity index (χ1) is 10.7. The highest BCUT2D eigenvalue weighted by molar-refractivity contribution is 7.13. The molecule has 0 saturated heterocycles. The number of aliphatic carboxylic acids is 1. The van der Waals surface area contributed by atoms with Gasteiger partial charge in [0.1, 0.15) is 18.2 Å². The molecule has 0 amide bonds. The third-order valence-corrected chi connectivity index (χ3v) is 3.84. The van der Waals surface area contributed by atoms with E-state index in [1.165, 1.54) is 17.4 Å². The lowest BCUT2D eigenvalue weighted by Crippen LogP contribution is -2.15. The summed E-state index contributed by atoms with van der Waals surface area (Å²) in [6, 6.07) is 5.75. The Balaban J connectivity index is 1.72. The number of ether oxygens (including phenoxy) is 2. The van der Waals surface area contributed by atoms with Crippen LogP contribution in [0, 0.1) is 0 Å². The molecule has 0 fully saturated rings. The van der Waals surface area contributed by atoms with Gasteiger partial charge in [0.15, 0.2) is 11.5 Å². The van der Waals surface area contributed by atoms with Gasteiger partial charge < -0.3 is 14.6 Å². The highest BCUT2D eigenvalue weighted by Crippen LogP contribution is 2.31. The van der Waals surface area contributed by atoms with Crippen molar-refractivity contribution in [2.24, 2.45) is 0 Å². The second-order valence-corrected chi connectivity index (χ2v) is 5.60. The van der Waals surface area contributed by atoms with Crippen LogP contribution >= 0.6 is 11.3 Å². The molecule has 1 aliphatic heterocycles. The molecule has 2 aromatic rings. The summed E-state index contributed by atoms with van der Waals surface area (Å²) in [6.07, 6.45) is 8.09. The molecule has 0 radical (unpaired) electrons. The van der Waals surface area contributed by atoms with Crippen molar-refractivity contribution in [2.75, 3.05) is 13.2 Å². The van der Waals surface area contributed by atoms with E-state index in [4.69, 9.17) is 14.6 Å². The van der Waals surface area contributed by atoms with Gasteiger partial charge in [-0.15, -0.1) is 11.3 Å². The maximum atomic E-state index is 10.5. The van der Waals surface area contributed by atoms with Crippen LogP contribution in [-0.4, -0.2) is 29.3 Å². The van der Waals surface area contributed by atoms with E-state index in [1.807, 2.05) is 30.4 Å². The Hall–Kier alpha value is -2.60. The summed E-state index contributed by atoms with van der Waals surface area (Å²) < 4.78 is 11.0. The van der Waals surface area contributed by atoms with Crippen molar-refractivity contribution in [1.82, 2.24) is 4.98 Å². The number of benzene rings is 1. The van der Waals surface area contributed by atoms with Crippen LogP contribution in [0.25, 0.3) is 18.2 Å². The smallest absolute Gasteiger partial charge is 0.328 e. The number of nitrogens with zero attached hydrogens (tertiary/aromatic N) is 1. The first-order valence-corrected chi connectivity index (χ1v) is 7.47. The van der Waals surface area contributed by atoms with Gasteiger partial charge in [0.2, 0.25) is 0 Å². The van der Waals surface area contributed by atoms with E-state index < -0.39 is 5.97 Å². The molecule has 6 heteroatoms. The van der Waals surface area contributed by atoms with Crippen LogP contribution in [0.1, 0.15) is 15.4 Å². The van der Waals surface area contributed by atoms with Gasteiger partial charge in [-0.3, -0.25) is 0 Å². The summed E-state index contributed by atoms with van der Waals surface area (Å²) in [5.41, 5.74) is 0.988. The Morgan fingerprint density at radius 3 is 2.82 bits per heavy atom. The summed E-state index contributed by atoms with van der Waals surface area (Å²) >= 11 is 1.42. The zero-order chi connectivity index (χ0) is 15.4.